The molecule has 1 unspecified atom stereocenters. The minimum atomic E-state index is -0.781. The van der Waals surface area contributed by atoms with Gasteiger partial charge in [-0.05, 0) is 89.9 Å². The predicted molar refractivity (Wildman–Crippen MR) is 334 cm³/mol. The summed E-state index contributed by atoms with van der Waals surface area (Å²) in [5.74, 6) is -0.877. The quantitative estimate of drug-likeness (QED) is 0.0261. The van der Waals surface area contributed by atoms with Gasteiger partial charge in [0.15, 0.2) is 6.10 Å². The molecule has 0 aromatic heterocycles. The van der Waals surface area contributed by atoms with Gasteiger partial charge in [-0.2, -0.15) is 0 Å². The largest absolute Gasteiger partial charge is 0.462 e. The summed E-state index contributed by atoms with van der Waals surface area (Å²) in [6.07, 6.45) is 86.0. The molecule has 444 valence electrons. The molecule has 0 heterocycles. The Balaban J connectivity index is 4.24. The Bertz CT molecular complexity index is 1470. The second kappa shape index (κ2) is 65.1. The third-order valence-corrected chi connectivity index (χ3v) is 14.4. The molecule has 0 saturated heterocycles. The van der Waals surface area contributed by atoms with Gasteiger partial charge in [-0.15, -0.1) is 0 Å². The lowest BCUT2D eigenvalue weighted by molar-refractivity contribution is -0.167. The standard InChI is InChI=1S/C71H124O6/c1-4-7-10-13-16-19-22-25-27-29-30-31-32-33-34-35-36-37-38-39-40-42-43-46-49-52-55-58-61-64-70(73)76-67-68(66-75-69(72)63-60-57-54-51-48-45-24-21-18-15-12-9-6-3)77-71(74)65-62-59-56-53-50-47-44-41-28-26-23-20-17-14-11-8-5-2/h7,10,12,15-16,19,21,24-25,27,30-31,33-34,68H,4-6,8-9,11,13-14,17-18,20,22-23,26,28-29,32,35-67H2,1-3H3/b10-7-,15-12-,19-16-,24-21-,27-25-,31-30-,34-33-. The number of ether oxygens (including phenoxy) is 3. The molecule has 1 atom stereocenters. The van der Waals surface area contributed by atoms with Gasteiger partial charge in [-0.1, -0.05) is 305 Å². The molecule has 0 aliphatic heterocycles. The molecule has 0 aromatic carbocycles. The zero-order chi connectivity index (χ0) is 55.7. The van der Waals surface area contributed by atoms with Crippen LogP contribution in [0.1, 0.15) is 329 Å². The number of hydrogen-bond donors (Lipinski definition) is 0. The van der Waals surface area contributed by atoms with Crippen molar-refractivity contribution in [3.63, 3.8) is 0 Å². The van der Waals surface area contributed by atoms with Gasteiger partial charge in [0.05, 0.1) is 0 Å². The van der Waals surface area contributed by atoms with Crippen molar-refractivity contribution in [2.75, 3.05) is 13.2 Å². The zero-order valence-electron chi connectivity index (χ0n) is 51.0. The minimum Gasteiger partial charge on any atom is -0.462 e. The predicted octanol–water partition coefficient (Wildman–Crippen LogP) is 22.7. The van der Waals surface area contributed by atoms with E-state index in [1.165, 1.54) is 173 Å². The Hall–Kier alpha value is -3.41. The molecule has 77 heavy (non-hydrogen) atoms. The Morgan fingerprint density at radius 1 is 0.273 bits per heavy atom. The van der Waals surface area contributed by atoms with Crippen LogP contribution < -0.4 is 0 Å². The van der Waals surface area contributed by atoms with Crippen molar-refractivity contribution in [1.82, 2.24) is 0 Å². The van der Waals surface area contributed by atoms with E-state index in [2.05, 4.69) is 106 Å². The first kappa shape index (κ1) is 73.6. The zero-order valence-corrected chi connectivity index (χ0v) is 51.0. The molecule has 0 N–H and O–H groups in total. The van der Waals surface area contributed by atoms with E-state index in [1.54, 1.807) is 0 Å². The van der Waals surface area contributed by atoms with Crippen molar-refractivity contribution >= 4 is 17.9 Å². The van der Waals surface area contributed by atoms with Crippen molar-refractivity contribution in [2.24, 2.45) is 0 Å². The van der Waals surface area contributed by atoms with Crippen LogP contribution in [0.25, 0.3) is 0 Å². The molecule has 0 saturated carbocycles. The topological polar surface area (TPSA) is 78.9 Å². The molecule has 0 radical (unpaired) electrons. The highest BCUT2D eigenvalue weighted by Crippen LogP contribution is 2.17. The second-order valence-corrected chi connectivity index (χ2v) is 22.0. The van der Waals surface area contributed by atoms with Crippen molar-refractivity contribution in [1.29, 1.82) is 0 Å². The molecule has 6 heteroatoms. The van der Waals surface area contributed by atoms with Crippen LogP contribution in [0, 0.1) is 0 Å². The van der Waals surface area contributed by atoms with Crippen LogP contribution in [0.4, 0.5) is 0 Å². The van der Waals surface area contributed by atoms with Crippen molar-refractivity contribution in [3.05, 3.63) is 85.1 Å². The molecule has 6 nitrogen and oxygen atoms in total. The summed E-state index contributed by atoms with van der Waals surface area (Å²) >= 11 is 0. The van der Waals surface area contributed by atoms with Crippen LogP contribution in [0.5, 0.6) is 0 Å². The molecule has 0 fully saturated rings. The molecule has 0 aromatic rings. The fraction of sp³-hybridized carbons (Fsp3) is 0.761. The normalized spacial score (nSPS) is 12.6. The van der Waals surface area contributed by atoms with Crippen LogP contribution in [-0.4, -0.2) is 37.2 Å². The Morgan fingerprint density at radius 3 is 0.844 bits per heavy atom. The third kappa shape index (κ3) is 63.3. The van der Waals surface area contributed by atoms with Crippen LogP contribution >= 0.6 is 0 Å². The summed E-state index contributed by atoms with van der Waals surface area (Å²) in [4.78, 5) is 38.3. The van der Waals surface area contributed by atoms with Crippen molar-refractivity contribution < 1.29 is 28.6 Å². The van der Waals surface area contributed by atoms with Gasteiger partial charge in [0.2, 0.25) is 0 Å². The summed E-state index contributed by atoms with van der Waals surface area (Å²) < 4.78 is 16.9. The van der Waals surface area contributed by atoms with Crippen molar-refractivity contribution in [2.45, 2.75) is 335 Å². The first-order valence-electron chi connectivity index (χ1n) is 33.1. The van der Waals surface area contributed by atoms with E-state index in [0.29, 0.717) is 19.3 Å². The number of hydrogen-bond acceptors (Lipinski definition) is 6. The highest BCUT2D eigenvalue weighted by atomic mass is 16.6. The van der Waals surface area contributed by atoms with Crippen LogP contribution in [-0.2, 0) is 28.6 Å². The highest BCUT2D eigenvalue weighted by molar-refractivity contribution is 5.71. The number of allylic oxidation sites excluding steroid dienone is 14. The van der Waals surface area contributed by atoms with E-state index in [1.807, 2.05) is 0 Å². The van der Waals surface area contributed by atoms with Crippen LogP contribution in [0.2, 0.25) is 0 Å². The number of carbonyl (C=O) groups excluding carboxylic acids is 3. The lowest BCUT2D eigenvalue weighted by Crippen LogP contribution is -2.30. The maximum atomic E-state index is 12.9. The first-order valence-corrected chi connectivity index (χ1v) is 33.1. The smallest absolute Gasteiger partial charge is 0.306 e. The molecule has 0 amide bonds. The van der Waals surface area contributed by atoms with Gasteiger partial charge in [-0.3, -0.25) is 14.4 Å². The fourth-order valence-corrected chi connectivity index (χ4v) is 9.45. The van der Waals surface area contributed by atoms with Gasteiger partial charge in [0, 0.05) is 19.3 Å². The second-order valence-electron chi connectivity index (χ2n) is 22.0. The van der Waals surface area contributed by atoms with E-state index in [-0.39, 0.29) is 31.1 Å². The summed E-state index contributed by atoms with van der Waals surface area (Å²) in [6, 6.07) is 0. The van der Waals surface area contributed by atoms with Gasteiger partial charge in [-0.25, -0.2) is 0 Å². The summed E-state index contributed by atoms with van der Waals surface area (Å²) in [7, 11) is 0. The summed E-state index contributed by atoms with van der Waals surface area (Å²) in [5, 5.41) is 0. The molecule has 0 spiro atoms. The maximum absolute atomic E-state index is 12.9. The lowest BCUT2D eigenvalue weighted by Gasteiger charge is -2.18. The summed E-state index contributed by atoms with van der Waals surface area (Å²) in [6.45, 7) is 6.49. The fourth-order valence-electron chi connectivity index (χ4n) is 9.45. The monoisotopic (exact) mass is 1070 g/mol. The number of esters is 3. The average molecular weight is 1070 g/mol. The molecule has 0 aliphatic rings. The maximum Gasteiger partial charge on any atom is 0.306 e. The van der Waals surface area contributed by atoms with Crippen molar-refractivity contribution in [3.8, 4) is 0 Å². The van der Waals surface area contributed by atoms with Gasteiger partial charge >= 0.3 is 17.9 Å². The number of unbranched alkanes of at least 4 members (excludes halogenated alkanes) is 35. The van der Waals surface area contributed by atoms with E-state index in [9.17, 15) is 14.4 Å². The molecular weight excluding hydrogens is 949 g/mol. The molecule has 0 aliphatic carbocycles. The molecular formula is C71H124O6. The Kier molecular flexibility index (Phi) is 62.2. The molecule has 0 bridgehead atoms. The Morgan fingerprint density at radius 2 is 0.532 bits per heavy atom. The van der Waals surface area contributed by atoms with Crippen LogP contribution in [0.3, 0.4) is 0 Å². The first-order chi connectivity index (χ1) is 38.0. The highest BCUT2D eigenvalue weighted by Gasteiger charge is 2.19. The lowest BCUT2D eigenvalue weighted by atomic mass is 10.0. The average Bonchev–Trinajstić information content (AvgIpc) is 3.43. The van der Waals surface area contributed by atoms with E-state index in [4.69, 9.17) is 14.2 Å². The minimum absolute atomic E-state index is 0.0779. The van der Waals surface area contributed by atoms with E-state index >= 15 is 0 Å². The third-order valence-electron chi connectivity index (χ3n) is 14.4. The summed E-state index contributed by atoms with van der Waals surface area (Å²) in [5.41, 5.74) is 0. The van der Waals surface area contributed by atoms with E-state index < -0.39 is 6.10 Å². The van der Waals surface area contributed by atoms with Crippen LogP contribution in [0.15, 0.2) is 85.1 Å². The van der Waals surface area contributed by atoms with Gasteiger partial charge in [0.25, 0.3) is 0 Å². The number of carbonyl (C=O) groups is 3. The van der Waals surface area contributed by atoms with E-state index in [0.717, 1.165) is 116 Å². The number of rotatable bonds is 60. The molecule has 0 rings (SSSR count). The van der Waals surface area contributed by atoms with Gasteiger partial charge < -0.3 is 14.2 Å². The SMILES string of the molecule is CC/C=C\C/C=C\C/C=C\C/C=C\C/C=C\CCCCCCCCCCCCCCCC(=O)OCC(COC(=O)CCCCCCC/C=C\C/C=C\CCC)OC(=O)CCCCCCCCCCCCCCCCCCC. The van der Waals surface area contributed by atoms with Gasteiger partial charge in [0.1, 0.15) is 13.2 Å². The Labute approximate surface area is 477 Å².